The second-order valence-electron chi connectivity index (χ2n) is 4.05. The number of benzene rings is 1. The van der Waals surface area contributed by atoms with Crippen LogP contribution in [-0.2, 0) is 16.0 Å². The summed E-state index contributed by atoms with van der Waals surface area (Å²) in [4.78, 5) is 33.5. The number of ether oxygens (including phenoxy) is 1. The SMILES string of the molecule is COC(=O)NC(NC(=O)O)C(=O)NCCc1ccccc1. The molecule has 114 valence electrons. The first-order valence-electron chi connectivity index (χ1n) is 6.18. The van der Waals surface area contributed by atoms with Crippen LogP contribution in [-0.4, -0.2) is 43.0 Å². The van der Waals surface area contributed by atoms with E-state index in [1.165, 1.54) is 0 Å². The van der Waals surface area contributed by atoms with E-state index in [1.807, 2.05) is 35.6 Å². The largest absolute Gasteiger partial charge is 0.465 e. The van der Waals surface area contributed by atoms with Crippen molar-refractivity contribution in [3.05, 3.63) is 35.9 Å². The summed E-state index contributed by atoms with van der Waals surface area (Å²) in [6.45, 7) is 0.309. The Morgan fingerprint density at radius 3 is 2.43 bits per heavy atom. The van der Waals surface area contributed by atoms with Crippen LogP contribution >= 0.6 is 0 Å². The van der Waals surface area contributed by atoms with Gasteiger partial charge in [0.05, 0.1) is 7.11 Å². The Morgan fingerprint density at radius 1 is 1.19 bits per heavy atom. The normalized spacial score (nSPS) is 11.1. The smallest absolute Gasteiger partial charge is 0.408 e. The van der Waals surface area contributed by atoms with Gasteiger partial charge in [0, 0.05) is 6.54 Å². The van der Waals surface area contributed by atoms with E-state index in [-0.39, 0.29) is 0 Å². The number of methoxy groups -OCH3 is 1. The molecule has 4 N–H and O–H groups in total. The molecule has 8 heteroatoms. The molecule has 0 saturated heterocycles. The Labute approximate surface area is 121 Å². The van der Waals surface area contributed by atoms with Crippen LogP contribution in [0.5, 0.6) is 0 Å². The molecule has 1 atom stereocenters. The van der Waals surface area contributed by atoms with Crippen molar-refractivity contribution in [1.82, 2.24) is 16.0 Å². The third-order valence-electron chi connectivity index (χ3n) is 2.53. The van der Waals surface area contributed by atoms with E-state index < -0.39 is 24.3 Å². The predicted molar refractivity (Wildman–Crippen MR) is 73.6 cm³/mol. The minimum atomic E-state index is -1.44. The summed E-state index contributed by atoms with van der Waals surface area (Å²) in [5.74, 6) is -0.668. The van der Waals surface area contributed by atoms with Crippen molar-refractivity contribution >= 4 is 18.1 Å². The van der Waals surface area contributed by atoms with E-state index in [4.69, 9.17) is 5.11 Å². The zero-order valence-corrected chi connectivity index (χ0v) is 11.5. The number of carboxylic acid groups (broad SMARTS) is 1. The summed E-state index contributed by atoms with van der Waals surface area (Å²) < 4.78 is 4.32. The van der Waals surface area contributed by atoms with Crippen LogP contribution < -0.4 is 16.0 Å². The lowest BCUT2D eigenvalue weighted by molar-refractivity contribution is -0.123. The van der Waals surface area contributed by atoms with Gasteiger partial charge < -0.3 is 15.2 Å². The van der Waals surface area contributed by atoms with Crippen LogP contribution in [0.3, 0.4) is 0 Å². The minimum absolute atomic E-state index is 0.309. The van der Waals surface area contributed by atoms with E-state index in [9.17, 15) is 14.4 Å². The summed E-state index contributed by atoms with van der Waals surface area (Å²) in [5, 5.41) is 15.1. The van der Waals surface area contributed by atoms with Crippen LogP contribution in [0.1, 0.15) is 5.56 Å². The predicted octanol–water partition coefficient (Wildman–Crippen LogP) is 0.295. The lowest BCUT2D eigenvalue weighted by Crippen LogP contribution is -2.56. The van der Waals surface area contributed by atoms with E-state index in [2.05, 4.69) is 15.4 Å². The van der Waals surface area contributed by atoms with E-state index in [0.29, 0.717) is 13.0 Å². The monoisotopic (exact) mass is 295 g/mol. The number of nitrogens with one attached hydrogen (secondary N) is 3. The molecule has 8 nitrogen and oxygen atoms in total. The molecular formula is C13H17N3O5. The average molecular weight is 295 g/mol. The van der Waals surface area contributed by atoms with Crippen LogP contribution in [0.2, 0.25) is 0 Å². The minimum Gasteiger partial charge on any atom is -0.465 e. The second-order valence-corrected chi connectivity index (χ2v) is 4.05. The highest BCUT2D eigenvalue weighted by Crippen LogP contribution is 1.98. The maximum Gasteiger partial charge on any atom is 0.408 e. The van der Waals surface area contributed by atoms with Gasteiger partial charge >= 0.3 is 12.2 Å². The summed E-state index contributed by atoms with van der Waals surface area (Å²) in [5.41, 5.74) is 1.03. The zero-order chi connectivity index (χ0) is 15.7. The van der Waals surface area contributed by atoms with Crippen molar-refractivity contribution in [2.45, 2.75) is 12.6 Å². The number of amides is 3. The topological polar surface area (TPSA) is 117 Å². The van der Waals surface area contributed by atoms with Crippen molar-refractivity contribution in [2.24, 2.45) is 0 Å². The van der Waals surface area contributed by atoms with Crippen LogP contribution in [0.15, 0.2) is 30.3 Å². The van der Waals surface area contributed by atoms with Gasteiger partial charge in [0.15, 0.2) is 6.17 Å². The molecule has 21 heavy (non-hydrogen) atoms. The summed E-state index contributed by atoms with van der Waals surface area (Å²) >= 11 is 0. The van der Waals surface area contributed by atoms with E-state index in [0.717, 1.165) is 12.7 Å². The molecule has 0 saturated carbocycles. The number of hydrogen-bond donors (Lipinski definition) is 4. The Morgan fingerprint density at radius 2 is 1.86 bits per heavy atom. The molecule has 1 aromatic rings. The third kappa shape index (κ3) is 6.28. The first-order chi connectivity index (χ1) is 10.0. The van der Waals surface area contributed by atoms with Gasteiger partial charge in [0.25, 0.3) is 5.91 Å². The van der Waals surface area contributed by atoms with Crippen LogP contribution in [0, 0.1) is 0 Å². The first-order valence-corrected chi connectivity index (χ1v) is 6.18. The van der Waals surface area contributed by atoms with Gasteiger partial charge in [-0.3, -0.25) is 15.4 Å². The highest BCUT2D eigenvalue weighted by atomic mass is 16.5. The Balaban J connectivity index is 2.47. The van der Waals surface area contributed by atoms with Gasteiger partial charge in [-0.1, -0.05) is 30.3 Å². The fraction of sp³-hybridized carbons (Fsp3) is 0.308. The fourth-order valence-corrected chi connectivity index (χ4v) is 1.54. The molecule has 0 fully saturated rings. The van der Waals surface area contributed by atoms with Gasteiger partial charge in [-0.2, -0.15) is 0 Å². The number of alkyl carbamates (subject to hydrolysis) is 1. The van der Waals surface area contributed by atoms with E-state index in [1.54, 1.807) is 0 Å². The maximum atomic E-state index is 11.8. The molecular weight excluding hydrogens is 278 g/mol. The molecule has 0 radical (unpaired) electrons. The van der Waals surface area contributed by atoms with Crippen molar-refractivity contribution in [1.29, 1.82) is 0 Å². The molecule has 1 aromatic carbocycles. The molecule has 0 aromatic heterocycles. The van der Waals surface area contributed by atoms with Gasteiger partial charge in [-0.15, -0.1) is 0 Å². The van der Waals surface area contributed by atoms with Crippen LogP contribution in [0.4, 0.5) is 9.59 Å². The standard InChI is InChI=1S/C13H17N3O5/c1-21-13(20)16-10(15-12(18)19)11(17)14-8-7-9-5-3-2-4-6-9/h2-6,10,15H,7-8H2,1H3,(H,14,17)(H,16,20)(H,18,19). The van der Waals surface area contributed by atoms with Crippen LogP contribution in [0.25, 0.3) is 0 Å². The van der Waals surface area contributed by atoms with Crippen molar-refractivity contribution in [2.75, 3.05) is 13.7 Å². The third-order valence-corrected chi connectivity index (χ3v) is 2.53. The first kappa shape index (κ1) is 16.3. The Bertz CT molecular complexity index is 492. The van der Waals surface area contributed by atoms with Gasteiger partial charge in [-0.25, -0.2) is 9.59 Å². The van der Waals surface area contributed by atoms with Gasteiger partial charge in [0.2, 0.25) is 0 Å². The summed E-state index contributed by atoms with van der Waals surface area (Å²) in [6.07, 6.45) is -3.17. The Hall–Kier alpha value is -2.77. The molecule has 0 aliphatic heterocycles. The lowest BCUT2D eigenvalue weighted by Gasteiger charge is -2.17. The van der Waals surface area contributed by atoms with Gasteiger partial charge in [0.1, 0.15) is 0 Å². The fourth-order valence-electron chi connectivity index (χ4n) is 1.54. The van der Waals surface area contributed by atoms with E-state index >= 15 is 0 Å². The molecule has 0 aliphatic carbocycles. The molecule has 0 heterocycles. The lowest BCUT2D eigenvalue weighted by atomic mass is 10.1. The van der Waals surface area contributed by atoms with Crippen molar-refractivity contribution in [3.8, 4) is 0 Å². The average Bonchev–Trinajstić information content (AvgIpc) is 2.47. The highest BCUT2D eigenvalue weighted by molar-refractivity contribution is 5.88. The molecule has 3 amide bonds. The molecule has 0 bridgehead atoms. The number of carbonyl (C=O) groups is 3. The molecule has 0 spiro atoms. The zero-order valence-electron chi connectivity index (χ0n) is 11.5. The Kier molecular flexibility index (Phi) is 6.52. The summed E-state index contributed by atoms with van der Waals surface area (Å²) in [6, 6.07) is 9.46. The maximum absolute atomic E-state index is 11.8. The molecule has 0 aliphatic rings. The van der Waals surface area contributed by atoms with Gasteiger partial charge in [-0.05, 0) is 12.0 Å². The second kappa shape index (κ2) is 8.41. The molecule has 1 rings (SSSR count). The number of carbonyl (C=O) groups excluding carboxylic acids is 2. The summed E-state index contributed by atoms with van der Waals surface area (Å²) in [7, 11) is 1.11. The number of hydrogen-bond acceptors (Lipinski definition) is 4. The van der Waals surface area contributed by atoms with Crippen molar-refractivity contribution in [3.63, 3.8) is 0 Å². The number of rotatable bonds is 6. The van der Waals surface area contributed by atoms with Crippen molar-refractivity contribution < 1.29 is 24.2 Å². The molecule has 1 unspecified atom stereocenters. The highest BCUT2D eigenvalue weighted by Gasteiger charge is 2.22. The quantitative estimate of drug-likeness (QED) is 0.563.